The van der Waals surface area contributed by atoms with E-state index in [1.807, 2.05) is 0 Å². The van der Waals surface area contributed by atoms with E-state index in [9.17, 15) is 26.3 Å². The highest BCUT2D eigenvalue weighted by Gasteiger charge is 2.38. The summed E-state index contributed by atoms with van der Waals surface area (Å²) in [5, 5.41) is 1.40. The van der Waals surface area contributed by atoms with Gasteiger partial charge in [-0.15, -0.1) is 0 Å². The lowest BCUT2D eigenvalue weighted by Crippen LogP contribution is -2.29. The molecule has 0 aliphatic rings. The Morgan fingerprint density at radius 1 is 0.788 bits per heavy atom. The van der Waals surface area contributed by atoms with Crippen molar-refractivity contribution in [2.45, 2.75) is 28.4 Å². The van der Waals surface area contributed by atoms with Crippen molar-refractivity contribution in [1.29, 1.82) is 0 Å². The first-order valence-electron chi connectivity index (χ1n) is 8.28. The predicted molar refractivity (Wildman–Crippen MR) is 115 cm³/mol. The molecule has 0 amide bonds. The first kappa shape index (κ1) is 34.3. The van der Waals surface area contributed by atoms with Gasteiger partial charge in [0.05, 0.1) is 32.1 Å². The second-order valence-electron chi connectivity index (χ2n) is 6.46. The molecule has 2 atom stereocenters. The molecule has 1 aromatic carbocycles. The lowest BCUT2D eigenvalue weighted by atomic mass is 10.1. The molecule has 0 bridgehead atoms. The van der Waals surface area contributed by atoms with Crippen LogP contribution in [0.25, 0.3) is 0 Å². The highest BCUT2D eigenvalue weighted by atomic mass is 32.2. The minimum absolute atomic E-state index is 0.403. The van der Waals surface area contributed by atoms with E-state index in [1.165, 1.54) is 5.56 Å². The third-order valence-corrected chi connectivity index (χ3v) is 8.45. The van der Waals surface area contributed by atoms with Gasteiger partial charge in [-0.1, -0.05) is 12.1 Å². The minimum Gasteiger partial charge on any atom is -0.741 e. The molecule has 1 aromatic rings. The number of hydrogen-bond acceptors (Lipinski definition) is 7. The average Bonchev–Trinajstić information content (AvgIpc) is 2.59. The molecule has 0 fully saturated rings. The van der Waals surface area contributed by atoms with Crippen molar-refractivity contribution >= 4 is 42.0 Å². The van der Waals surface area contributed by atoms with Crippen LogP contribution in [0, 0.1) is 0 Å². The number of benzene rings is 1. The molecule has 2 unspecified atom stereocenters. The number of halogens is 6. The standard InChI is InChI=1S/C14H24OS2.2CHF3O3S/c1-11(16(3)4)14(17(5)6)12-7-9-13(15-2)10-8-12;2*2-1(3,4)8(5,6)7/h7-11,14H,1-6H3;2*(H,5,6,7)/q+2;;/p-2. The summed E-state index contributed by atoms with van der Waals surface area (Å²) in [5.74, 6) is 0.944. The van der Waals surface area contributed by atoms with E-state index in [0.717, 1.165) is 11.0 Å². The Morgan fingerprint density at radius 2 is 1.09 bits per heavy atom. The molecule has 0 heterocycles. The highest BCUT2D eigenvalue weighted by molar-refractivity contribution is 7.99. The fraction of sp³-hybridized carbons (Fsp3) is 0.625. The second kappa shape index (κ2) is 13.3. The molecule has 0 saturated carbocycles. The zero-order valence-corrected chi connectivity index (χ0v) is 21.5. The molecule has 7 nitrogen and oxygen atoms in total. The largest absolute Gasteiger partial charge is 0.741 e. The monoisotopic (exact) mass is 570 g/mol. The van der Waals surface area contributed by atoms with E-state index in [-0.39, 0.29) is 0 Å². The Labute approximate surface area is 195 Å². The lowest BCUT2D eigenvalue weighted by Gasteiger charge is -2.19. The van der Waals surface area contributed by atoms with Crippen LogP contribution in [0.4, 0.5) is 26.3 Å². The lowest BCUT2D eigenvalue weighted by molar-refractivity contribution is -0.0522. The van der Waals surface area contributed by atoms with Crippen molar-refractivity contribution in [3.63, 3.8) is 0 Å². The van der Waals surface area contributed by atoms with Gasteiger partial charge in [-0.05, 0) is 40.8 Å². The van der Waals surface area contributed by atoms with Crippen molar-refractivity contribution in [1.82, 2.24) is 0 Å². The molecule has 196 valence electrons. The zero-order valence-electron chi connectivity index (χ0n) is 18.2. The van der Waals surface area contributed by atoms with Gasteiger partial charge in [-0.2, -0.15) is 26.3 Å². The van der Waals surface area contributed by atoms with Crippen LogP contribution in [0.5, 0.6) is 5.75 Å². The van der Waals surface area contributed by atoms with Gasteiger partial charge in [0, 0.05) is 5.56 Å². The van der Waals surface area contributed by atoms with E-state index in [4.69, 9.17) is 30.7 Å². The molecular formula is C16H24F6O7S4. The maximum absolute atomic E-state index is 10.7. The van der Waals surface area contributed by atoms with Gasteiger partial charge in [-0.25, -0.2) is 16.8 Å². The first-order chi connectivity index (χ1) is 14.5. The number of alkyl halides is 6. The number of ether oxygens (including phenoxy) is 1. The van der Waals surface area contributed by atoms with Gasteiger partial charge >= 0.3 is 11.0 Å². The Hall–Kier alpha value is -0.880. The summed E-state index contributed by atoms with van der Waals surface area (Å²) in [6.07, 6.45) is 9.37. The summed E-state index contributed by atoms with van der Waals surface area (Å²) in [6, 6.07) is 8.59. The maximum atomic E-state index is 10.7. The van der Waals surface area contributed by atoms with Gasteiger partial charge in [0.2, 0.25) is 0 Å². The summed E-state index contributed by atoms with van der Waals surface area (Å²) in [6.45, 7) is 2.38. The number of rotatable bonds is 5. The third kappa shape index (κ3) is 13.0. The molecule has 33 heavy (non-hydrogen) atoms. The van der Waals surface area contributed by atoms with Gasteiger partial charge < -0.3 is 13.8 Å². The van der Waals surface area contributed by atoms with Gasteiger partial charge in [-0.3, -0.25) is 0 Å². The quantitative estimate of drug-likeness (QED) is 0.231. The van der Waals surface area contributed by atoms with Crippen LogP contribution in [0.3, 0.4) is 0 Å². The van der Waals surface area contributed by atoms with Gasteiger partial charge in [0.15, 0.2) is 30.7 Å². The highest BCUT2D eigenvalue weighted by Crippen LogP contribution is 2.30. The number of methoxy groups -OCH3 is 1. The fourth-order valence-electron chi connectivity index (χ4n) is 1.97. The summed E-state index contributed by atoms with van der Waals surface area (Å²) >= 11 is 0. The van der Waals surface area contributed by atoms with Crippen molar-refractivity contribution in [3.05, 3.63) is 29.8 Å². The molecule has 0 radical (unpaired) electrons. The van der Waals surface area contributed by atoms with E-state index >= 15 is 0 Å². The Bertz CT molecular complexity index is 870. The zero-order chi connectivity index (χ0) is 27.0. The van der Waals surface area contributed by atoms with Crippen molar-refractivity contribution in [3.8, 4) is 5.75 Å². The first-order valence-corrected chi connectivity index (χ1v) is 15.3. The average molecular weight is 571 g/mol. The predicted octanol–water partition coefficient (Wildman–Crippen LogP) is 2.98. The molecule has 0 N–H and O–H groups in total. The minimum atomic E-state index is -6.09. The summed E-state index contributed by atoms with van der Waals surface area (Å²) in [4.78, 5) is 0. The van der Waals surface area contributed by atoms with E-state index in [0.29, 0.717) is 27.0 Å². The molecule has 0 aliphatic carbocycles. The van der Waals surface area contributed by atoms with Crippen molar-refractivity contribution in [2.75, 3.05) is 32.1 Å². The van der Waals surface area contributed by atoms with E-state index < -0.39 is 31.3 Å². The molecule has 0 saturated heterocycles. The van der Waals surface area contributed by atoms with Crippen LogP contribution in [0.15, 0.2) is 24.3 Å². The SMILES string of the molecule is COc1ccc(C(C(C)[S+](C)C)[S+](C)C)cc1.O=S(=O)([O-])C(F)(F)F.O=S(=O)([O-])C(F)(F)F. The van der Waals surface area contributed by atoms with Crippen LogP contribution in [0.1, 0.15) is 17.7 Å². The van der Waals surface area contributed by atoms with Crippen molar-refractivity contribution < 1.29 is 57.0 Å². The molecule has 0 spiro atoms. The van der Waals surface area contributed by atoms with Crippen LogP contribution in [-0.4, -0.2) is 74.3 Å². The van der Waals surface area contributed by atoms with E-state index in [2.05, 4.69) is 56.2 Å². The molecule has 0 aliphatic heterocycles. The van der Waals surface area contributed by atoms with Crippen molar-refractivity contribution in [2.24, 2.45) is 0 Å². The third-order valence-electron chi connectivity index (χ3n) is 3.69. The summed E-state index contributed by atoms with van der Waals surface area (Å²) in [5.41, 5.74) is -9.84. The fourth-order valence-corrected chi connectivity index (χ4v) is 5.42. The van der Waals surface area contributed by atoms with Gasteiger partial charge in [0.25, 0.3) is 0 Å². The summed E-state index contributed by atoms with van der Waals surface area (Å²) < 4.78 is 123. The normalized spacial score (nSPS) is 14.5. The van der Waals surface area contributed by atoms with Crippen LogP contribution >= 0.6 is 0 Å². The number of hydrogen-bond donors (Lipinski definition) is 0. The topological polar surface area (TPSA) is 124 Å². The maximum Gasteiger partial charge on any atom is 0.485 e. The second-order valence-corrected chi connectivity index (χ2v) is 14.0. The van der Waals surface area contributed by atoms with Gasteiger partial charge in [0.1, 0.15) is 5.75 Å². The smallest absolute Gasteiger partial charge is 0.485 e. The molecule has 0 aromatic heterocycles. The Kier molecular flexibility index (Phi) is 13.8. The Balaban J connectivity index is 0. The Morgan fingerprint density at radius 3 is 1.27 bits per heavy atom. The van der Waals surface area contributed by atoms with Crippen LogP contribution < -0.4 is 4.74 Å². The van der Waals surface area contributed by atoms with Crippen LogP contribution in [0.2, 0.25) is 0 Å². The summed E-state index contributed by atoms with van der Waals surface area (Å²) in [7, 11) is -9.60. The molecular weight excluding hydrogens is 546 g/mol. The van der Waals surface area contributed by atoms with Crippen LogP contribution in [-0.2, 0) is 42.0 Å². The molecule has 1 rings (SSSR count). The van der Waals surface area contributed by atoms with E-state index in [1.54, 1.807) is 7.11 Å². The molecule has 17 heteroatoms.